The van der Waals surface area contributed by atoms with Crippen LogP contribution in [0.2, 0.25) is 0 Å². The predicted molar refractivity (Wildman–Crippen MR) is 74.0 cm³/mol. The normalized spacial score (nSPS) is 10.9. The summed E-state index contributed by atoms with van der Waals surface area (Å²) in [5.74, 6) is 0.724. The summed E-state index contributed by atoms with van der Waals surface area (Å²) in [5, 5.41) is 3.92. The van der Waals surface area contributed by atoms with Gasteiger partial charge in [0.1, 0.15) is 10.6 Å². The Labute approximate surface area is 110 Å². The first-order valence-electron chi connectivity index (χ1n) is 4.93. The van der Waals surface area contributed by atoms with Crippen molar-refractivity contribution in [2.45, 2.75) is 0 Å². The number of hydrogen-bond donors (Lipinski definition) is 0. The summed E-state index contributed by atoms with van der Waals surface area (Å²) in [5.41, 5.74) is 0. The minimum Gasteiger partial charge on any atom is -0.495 e. The third kappa shape index (κ3) is 1.80. The van der Waals surface area contributed by atoms with E-state index >= 15 is 0 Å². The van der Waals surface area contributed by atoms with Crippen molar-refractivity contribution in [3.05, 3.63) is 38.7 Å². The SMILES string of the molecule is COc1ccsc1C(=O)c1cc2sccc2s1. The molecule has 3 aromatic heterocycles. The molecule has 0 amide bonds. The van der Waals surface area contributed by atoms with Crippen LogP contribution in [0.3, 0.4) is 0 Å². The van der Waals surface area contributed by atoms with Crippen LogP contribution in [-0.2, 0) is 0 Å². The molecule has 0 spiro atoms. The maximum atomic E-state index is 12.3. The molecule has 5 heteroatoms. The van der Waals surface area contributed by atoms with E-state index in [2.05, 4.69) is 0 Å². The Morgan fingerprint density at radius 1 is 1.18 bits per heavy atom. The molecule has 86 valence electrons. The Morgan fingerprint density at radius 2 is 2.00 bits per heavy atom. The van der Waals surface area contributed by atoms with Gasteiger partial charge in [0.2, 0.25) is 5.78 Å². The zero-order valence-electron chi connectivity index (χ0n) is 8.93. The smallest absolute Gasteiger partial charge is 0.216 e. The standard InChI is InChI=1S/C12H8O2S3/c1-14-7-2-4-16-12(7)11(13)10-6-9-8(17-10)3-5-15-9/h2-6H,1H3. The highest BCUT2D eigenvalue weighted by Gasteiger charge is 2.18. The van der Waals surface area contributed by atoms with Crippen LogP contribution in [0.15, 0.2) is 29.0 Å². The van der Waals surface area contributed by atoms with Gasteiger partial charge in [0.25, 0.3) is 0 Å². The summed E-state index contributed by atoms with van der Waals surface area (Å²) in [6.07, 6.45) is 0. The number of carbonyl (C=O) groups is 1. The number of fused-ring (bicyclic) bond motifs is 1. The average molecular weight is 280 g/mol. The molecule has 0 N–H and O–H groups in total. The number of hydrogen-bond acceptors (Lipinski definition) is 5. The lowest BCUT2D eigenvalue weighted by atomic mass is 10.2. The van der Waals surface area contributed by atoms with Gasteiger partial charge in [-0.3, -0.25) is 4.79 Å². The van der Waals surface area contributed by atoms with Crippen molar-refractivity contribution in [3.63, 3.8) is 0 Å². The van der Waals surface area contributed by atoms with Gasteiger partial charge >= 0.3 is 0 Å². The van der Waals surface area contributed by atoms with Crippen molar-refractivity contribution < 1.29 is 9.53 Å². The van der Waals surface area contributed by atoms with Gasteiger partial charge in [-0.05, 0) is 29.0 Å². The first-order chi connectivity index (χ1) is 8.29. The van der Waals surface area contributed by atoms with Crippen LogP contribution in [0.5, 0.6) is 5.75 Å². The van der Waals surface area contributed by atoms with Gasteiger partial charge in [0.05, 0.1) is 12.0 Å². The van der Waals surface area contributed by atoms with Crippen molar-refractivity contribution in [2.75, 3.05) is 7.11 Å². The van der Waals surface area contributed by atoms with Crippen LogP contribution in [0.1, 0.15) is 14.5 Å². The first-order valence-corrected chi connectivity index (χ1v) is 7.50. The first kappa shape index (κ1) is 11.0. The lowest BCUT2D eigenvalue weighted by Crippen LogP contribution is -1.97. The summed E-state index contributed by atoms with van der Waals surface area (Å²) in [7, 11) is 1.59. The minimum atomic E-state index is 0.0604. The second kappa shape index (κ2) is 4.25. The molecule has 0 atom stereocenters. The Morgan fingerprint density at radius 3 is 2.76 bits per heavy atom. The van der Waals surface area contributed by atoms with Crippen molar-refractivity contribution in [1.29, 1.82) is 0 Å². The van der Waals surface area contributed by atoms with Crippen molar-refractivity contribution >= 4 is 49.2 Å². The van der Waals surface area contributed by atoms with Gasteiger partial charge in [0, 0.05) is 9.40 Å². The van der Waals surface area contributed by atoms with Crippen LogP contribution in [0, 0.1) is 0 Å². The van der Waals surface area contributed by atoms with Crippen molar-refractivity contribution in [1.82, 2.24) is 0 Å². The monoisotopic (exact) mass is 280 g/mol. The van der Waals surface area contributed by atoms with Gasteiger partial charge in [0.15, 0.2) is 0 Å². The highest BCUT2D eigenvalue weighted by molar-refractivity contribution is 7.28. The lowest BCUT2D eigenvalue weighted by Gasteiger charge is -1.99. The van der Waals surface area contributed by atoms with Gasteiger partial charge in [-0.2, -0.15) is 0 Å². The summed E-state index contributed by atoms with van der Waals surface area (Å²) in [4.78, 5) is 13.8. The maximum Gasteiger partial charge on any atom is 0.216 e. The second-order valence-corrected chi connectivity index (χ2v) is 6.35. The van der Waals surface area contributed by atoms with Gasteiger partial charge in [-0.15, -0.1) is 34.0 Å². The van der Waals surface area contributed by atoms with Gasteiger partial charge in [-0.25, -0.2) is 0 Å². The molecular formula is C12H8O2S3. The molecule has 0 fully saturated rings. The van der Waals surface area contributed by atoms with Gasteiger partial charge in [-0.1, -0.05) is 0 Å². The third-order valence-corrected chi connectivity index (χ3v) is 5.41. The molecule has 0 aromatic carbocycles. The molecule has 3 heterocycles. The van der Waals surface area contributed by atoms with Crippen molar-refractivity contribution in [2.24, 2.45) is 0 Å². The molecule has 0 bridgehead atoms. The zero-order valence-corrected chi connectivity index (χ0v) is 11.4. The highest BCUT2D eigenvalue weighted by atomic mass is 32.1. The molecule has 0 unspecified atom stereocenters. The Balaban J connectivity index is 2.04. The zero-order chi connectivity index (χ0) is 11.8. The summed E-state index contributed by atoms with van der Waals surface area (Å²) >= 11 is 4.63. The van der Waals surface area contributed by atoms with Crippen LogP contribution >= 0.6 is 34.0 Å². The average Bonchev–Trinajstić information content (AvgIpc) is 3.02. The number of rotatable bonds is 3. The number of carbonyl (C=O) groups excluding carboxylic acids is 1. The molecule has 0 saturated carbocycles. The van der Waals surface area contributed by atoms with E-state index in [-0.39, 0.29) is 5.78 Å². The molecule has 3 aromatic rings. The molecule has 0 saturated heterocycles. The number of ketones is 1. The fourth-order valence-electron chi connectivity index (χ4n) is 1.61. The Kier molecular flexibility index (Phi) is 2.74. The van der Waals surface area contributed by atoms with E-state index < -0.39 is 0 Å². The number of ether oxygens (including phenoxy) is 1. The Bertz CT molecular complexity index is 646. The van der Waals surface area contributed by atoms with Crippen LogP contribution in [0.4, 0.5) is 0 Å². The van der Waals surface area contributed by atoms with E-state index in [1.165, 1.54) is 20.7 Å². The van der Waals surface area contributed by atoms with E-state index in [4.69, 9.17) is 4.74 Å². The van der Waals surface area contributed by atoms with Crippen LogP contribution in [-0.4, -0.2) is 12.9 Å². The fraction of sp³-hybridized carbons (Fsp3) is 0.0833. The topological polar surface area (TPSA) is 26.3 Å². The Hall–Kier alpha value is -1.17. The van der Waals surface area contributed by atoms with E-state index in [9.17, 15) is 4.79 Å². The van der Waals surface area contributed by atoms with Crippen molar-refractivity contribution in [3.8, 4) is 5.75 Å². The molecule has 0 aliphatic carbocycles. The van der Waals surface area contributed by atoms with Crippen LogP contribution in [0.25, 0.3) is 9.40 Å². The van der Waals surface area contributed by atoms with Crippen LogP contribution < -0.4 is 4.74 Å². The molecule has 0 aliphatic heterocycles. The lowest BCUT2D eigenvalue weighted by molar-refractivity contribution is 0.104. The van der Waals surface area contributed by atoms with E-state index in [0.29, 0.717) is 10.6 Å². The molecule has 17 heavy (non-hydrogen) atoms. The second-order valence-electron chi connectivity index (χ2n) is 3.41. The third-order valence-electron chi connectivity index (χ3n) is 2.42. The minimum absolute atomic E-state index is 0.0604. The quantitative estimate of drug-likeness (QED) is 0.670. The molecular weight excluding hydrogens is 272 g/mol. The summed E-state index contributed by atoms with van der Waals surface area (Å²) < 4.78 is 7.53. The van der Waals surface area contributed by atoms with E-state index in [0.717, 1.165) is 4.88 Å². The summed E-state index contributed by atoms with van der Waals surface area (Å²) in [6.45, 7) is 0. The summed E-state index contributed by atoms with van der Waals surface area (Å²) in [6, 6.07) is 5.84. The predicted octanol–water partition coefficient (Wildman–Crippen LogP) is 4.26. The molecule has 0 aliphatic rings. The number of thiophene rings is 3. The van der Waals surface area contributed by atoms with E-state index in [1.54, 1.807) is 29.8 Å². The maximum absolute atomic E-state index is 12.3. The molecule has 0 radical (unpaired) electrons. The molecule has 2 nitrogen and oxygen atoms in total. The largest absolute Gasteiger partial charge is 0.495 e. The van der Waals surface area contributed by atoms with E-state index in [1.807, 2.05) is 29.0 Å². The highest BCUT2D eigenvalue weighted by Crippen LogP contribution is 2.34. The molecule has 3 rings (SSSR count). The van der Waals surface area contributed by atoms with Gasteiger partial charge < -0.3 is 4.74 Å². The fourth-order valence-corrected chi connectivity index (χ4v) is 4.55. The number of methoxy groups -OCH3 is 1.